The first-order valence-electron chi connectivity index (χ1n) is 7.80. The Morgan fingerprint density at radius 2 is 2.15 bits per heavy atom. The van der Waals surface area contributed by atoms with Crippen LogP contribution in [0, 0.1) is 11.3 Å². The summed E-state index contributed by atoms with van der Waals surface area (Å²) in [6.07, 6.45) is 2.73. The van der Waals surface area contributed by atoms with Crippen LogP contribution in [-0.4, -0.2) is 15.5 Å². The summed E-state index contributed by atoms with van der Waals surface area (Å²) in [6, 6.07) is 9.97. The number of anilines is 1. The largest absolute Gasteiger partial charge is 0.383 e. The fraction of sp³-hybridized carbons (Fsp3) is 0.105. The molecule has 0 aliphatic carbocycles. The number of amides is 1. The molecule has 1 aromatic carbocycles. The van der Waals surface area contributed by atoms with Gasteiger partial charge in [0, 0.05) is 19.8 Å². The van der Waals surface area contributed by atoms with Gasteiger partial charge in [-0.25, -0.2) is 4.98 Å². The molecular weight excluding hydrogens is 394 g/mol. The number of aryl methyl sites for hydroxylation is 1. The second-order valence-corrected chi connectivity index (χ2v) is 6.53. The number of nitrogens with one attached hydrogen (secondary N) is 1. The molecule has 2 heterocycles. The van der Waals surface area contributed by atoms with Crippen molar-refractivity contribution in [2.45, 2.75) is 6.54 Å². The first-order chi connectivity index (χ1) is 12.5. The van der Waals surface area contributed by atoms with E-state index in [2.05, 4.69) is 38.9 Å². The molecule has 0 spiro atoms. The predicted octanol–water partition coefficient (Wildman–Crippen LogP) is 3.26. The quantitative estimate of drug-likeness (QED) is 0.646. The van der Waals surface area contributed by atoms with Gasteiger partial charge in [0.05, 0.1) is 26.6 Å². The van der Waals surface area contributed by atoms with Crippen LogP contribution in [0.3, 0.4) is 0 Å². The van der Waals surface area contributed by atoms with E-state index < -0.39 is 0 Å². The third kappa shape index (κ3) is 2.95. The molecule has 0 saturated carbocycles. The zero-order valence-corrected chi connectivity index (χ0v) is 15.7. The van der Waals surface area contributed by atoms with Crippen LogP contribution in [0.15, 0.2) is 47.6 Å². The van der Waals surface area contributed by atoms with Gasteiger partial charge >= 0.3 is 0 Å². The summed E-state index contributed by atoms with van der Waals surface area (Å²) < 4.78 is 2.73. The Bertz CT molecular complexity index is 1060. The molecule has 0 atom stereocenters. The fourth-order valence-electron chi connectivity index (χ4n) is 2.90. The zero-order chi connectivity index (χ0) is 18.8. The number of carbonyl (C=O) groups is 1. The minimum absolute atomic E-state index is 0.211. The Morgan fingerprint density at radius 3 is 2.77 bits per heavy atom. The van der Waals surface area contributed by atoms with Crippen LogP contribution in [0.4, 0.5) is 5.82 Å². The molecule has 26 heavy (non-hydrogen) atoms. The van der Waals surface area contributed by atoms with E-state index in [-0.39, 0.29) is 5.91 Å². The van der Waals surface area contributed by atoms with Gasteiger partial charge in [0.2, 0.25) is 5.91 Å². The van der Waals surface area contributed by atoms with Crippen LogP contribution in [0.5, 0.6) is 0 Å². The number of hydrogen-bond donors (Lipinski definition) is 2. The van der Waals surface area contributed by atoms with E-state index in [1.165, 1.54) is 12.3 Å². The van der Waals surface area contributed by atoms with Crippen molar-refractivity contribution < 1.29 is 4.79 Å². The lowest BCUT2D eigenvalue weighted by molar-refractivity contribution is -0.116. The number of nitrogens with zero attached hydrogens (tertiary/aromatic N) is 3. The van der Waals surface area contributed by atoms with Crippen LogP contribution in [-0.2, 0) is 18.4 Å². The highest BCUT2D eigenvalue weighted by atomic mass is 79.9. The summed E-state index contributed by atoms with van der Waals surface area (Å²) in [4.78, 5) is 15.4. The number of nitriles is 1. The lowest BCUT2D eigenvalue weighted by Crippen LogP contribution is -2.19. The number of rotatable bonds is 4. The summed E-state index contributed by atoms with van der Waals surface area (Å²) >= 11 is 3.61. The molecular formula is C19H16BrN5O. The van der Waals surface area contributed by atoms with Crippen molar-refractivity contribution in [3.63, 3.8) is 0 Å². The van der Waals surface area contributed by atoms with Crippen molar-refractivity contribution in [1.82, 2.24) is 14.9 Å². The van der Waals surface area contributed by atoms with E-state index in [0.717, 1.165) is 32.2 Å². The number of nitrogen functional groups attached to an aromatic ring is 1. The van der Waals surface area contributed by atoms with Gasteiger partial charge in [0.25, 0.3) is 0 Å². The summed E-state index contributed by atoms with van der Waals surface area (Å²) in [6.45, 7) is 3.86. The van der Waals surface area contributed by atoms with E-state index in [9.17, 15) is 10.1 Å². The number of pyridine rings is 1. The van der Waals surface area contributed by atoms with Crippen LogP contribution in [0.2, 0.25) is 0 Å². The minimum Gasteiger partial charge on any atom is -0.383 e. The Kier molecular flexibility index (Phi) is 4.78. The number of aromatic nitrogens is 2. The molecule has 0 unspecified atom stereocenters. The van der Waals surface area contributed by atoms with E-state index in [0.29, 0.717) is 17.9 Å². The van der Waals surface area contributed by atoms with Crippen molar-refractivity contribution >= 4 is 38.6 Å². The maximum absolute atomic E-state index is 11.3. The minimum atomic E-state index is -0.211. The van der Waals surface area contributed by atoms with Gasteiger partial charge in [-0.3, -0.25) is 4.79 Å². The fourth-order valence-corrected chi connectivity index (χ4v) is 3.79. The molecule has 0 bridgehead atoms. The number of fused-ring (bicyclic) bond motifs is 1. The van der Waals surface area contributed by atoms with Crippen molar-refractivity contribution in [3.8, 4) is 17.3 Å². The zero-order valence-electron chi connectivity index (χ0n) is 14.1. The van der Waals surface area contributed by atoms with Gasteiger partial charge in [-0.1, -0.05) is 30.8 Å². The van der Waals surface area contributed by atoms with Crippen LogP contribution >= 0.6 is 15.9 Å². The molecule has 2 aromatic heterocycles. The standard InChI is InChI=1S/C19H16BrN5O/c1-3-14(26)23-9-11-4-6-12(7-5-11)18-16(20)15-17(25(18)2)13(8-21)10-24-19(15)22/h3-7,10H,1,9H2,2H3,(H2,22,24)(H,23,26). The Morgan fingerprint density at radius 1 is 1.46 bits per heavy atom. The monoisotopic (exact) mass is 409 g/mol. The molecule has 3 aromatic rings. The highest BCUT2D eigenvalue weighted by Crippen LogP contribution is 2.40. The average Bonchev–Trinajstić information content (AvgIpc) is 2.92. The SMILES string of the molecule is C=CC(=O)NCc1ccc(-c2c(Br)c3c(N)ncc(C#N)c3n2C)cc1. The number of benzene rings is 1. The molecule has 130 valence electrons. The average molecular weight is 410 g/mol. The van der Waals surface area contributed by atoms with Gasteiger partial charge in [-0.05, 0) is 33.1 Å². The number of hydrogen-bond acceptors (Lipinski definition) is 4. The summed E-state index contributed by atoms with van der Waals surface area (Å²) in [5.41, 5.74) is 10.1. The molecule has 6 nitrogen and oxygen atoms in total. The molecule has 0 radical (unpaired) electrons. The van der Waals surface area contributed by atoms with E-state index >= 15 is 0 Å². The maximum Gasteiger partial charge on any atom is 0.243 e. The first kappa shape index (κ1) is 17.7. The Hall–Kier alpha value is -3.11. The highest BCUT2D eigenvalue weighted by molar-refractivity contribution is 9.10. The lowest BCUT2D eigenvalue weighted by atomic mass is 10.1. The van der Waals surface area contributed by atoms with E-state index in [1.807, 2.05) is 35.9 Å². The molecule has 0 aliphatic rings. The van der Waals surface area contributed by atoms with Crippen LogP contribution in [0.25, 0.3) is 22.2 Å². The third-order valence-electron chi connectivity index (χ3n) is 4.18. The first-order valence-corrected chi connectivity index (χ1v) is 8.59. The lowest BCUT2D eigenvalue weighted by Gasteiger charge is -2.08. The van der Waals surface area contributed by atoms with Crippen LogP contribution < -0.4 is 11.1 Å². The number of nitrogens with two attached hydrogens (primary N) is 1. The van der Waals surface area contributed by atoms with E-state index in [4.69, 9.17) is 5.73 Å². The van der Waals surface area contributed by atoms with E-state index in [1.54, 1.807) is 0 Å². The number of halogens is 1. The summed E-state index contributed by atoms with van der Waals surface area (Å²) in [5.74, 6) is 0.161. The van der Waals surface area contributed by atoms with Gasteiger partial charge in [-0.2, -0.15) is 5.26 Å². The Balaban J connectivity index is 2.06. The van der Waals surface area contributed by atoms with Gasteiger partial charge < -0.3 is 15.6 Å². The molecule has 3 rings (SSSR count). The van der Waals surface area contributed by atoms with Gasteiger partial charge in [0.15, 0.2) is 0 Å². The second kappa shape index (κ2) is 7.02. The van der Waals surface area contributed by atoms with Gasteiger partial charge in [-0.15, -0.1) is 0 Å². The summed E-state index contributed by atoms with van der Waals surface area (Å²) in [7, 11) is 1.89. The topological polar surface area (TPSA) is 96.7 Å². The third-order valence-corrected chi connectivity index (χ3v) is 4.95. The van der Waals surface area contributed by atoms with Crippen molar-refractivity contribution in [2.24, 2.45) is 7.05 Å². The second-order valence-electron chi connectivity index (χ2n) is 5.73. The van der Waals surface area contributed by atoms with Gasteiger partial charge in [0.1, 0.15) is 11.9 Å². The highest BCUT2D eigenvalue weighted by Gasteiger charge is 2.20. The van der Waals surface area contributed by atoms with Crippen LogP contribution in [0.1, 0.15) is 11.1 Å². The summed E-state index contributed by atoms with van der Waals surface area (Å²) in [5, 5.41) is 12.8. The normalized spacial score (nSPS) is 10.5. The Labute approximate surface area is 159 Å². The molecule has 0 saturated heterocycles. The molecule has 0 aliphatic heterocycles. The maximum atomic E-state index is 11.3. The predicted molar refractivity (Wildman–Crippen MR) is 105 cm³/mol. The molecule has 7 heteroatoms. The molecule has 1 amide bonds. The molecule has 3 N–H and O–H groups in total. The van der Waals surface area contributed by atoms with Crippen molar-refractivity contribution in [2.75, 3.05) is 5.73 Å². The van der Waals surface area contributed by atoms with Crippen molar-refractivity contribution in [3.05, 3.63) is 58.7 Å². The smallest absolute Gasteiger partial charge is 0.243 e. The molecule has 0 fully saturated rings. The number of carbonyl (C=O) groups excluding carboxylic acids is 1. The van der Waals surface area contributed by atoms with Crippen molar-refractivity contribution in [1.29, 1.82) is 5.26 Å².